The third-order valence-corrected chi connectivity index (χ3v) is 6.30. The van der Waals surface area contributed by atoms with Crippen LogP contribution in [0.15, 0.2) is 54.9 Å². The Morgan fingerprint density at radius 3 is 2.44 bits per heavy atom. The van der Waals surface area contributed by atoms with Gasteiger partial charge in [0.15, 0.2) is 11.4 Å². The maximum atomic E-state index is 11.8. The molecule has 1 aliphatic heterocycles. The maximum absolute atomic E-state index is 11.8. The Kier molecular flexibility index (Phi) is 8.07. The number of anilines is 1. The average molecular weight is 505 g/mol. The van der Waals surface area contributed by atoms with Gasteiger partial charge >= 0.3 is 6.03 Å². The van der Waals surface area contributed by atoms with Crippen molar-refractivity contribution < 1.29 is 19.4 Å². The number of hydrogen-bond donors (Lipinski definition) is 3. The van der Waals surface area contributed by atoms with E-state index in [0.29, 0.717) is 30.4 Å². The Hall–Kier alpha value is -2.62. The van der Waals surface area contributed by atoms with Gasteiger partial charge in [-0.2, -0.15) is 0 Å². The highest BCUT2D eigenvalue weighted by Gasteiger charge is 2.32. The molecule has 180 valence electrons. The van der Waals surface area contributed by atoms with E-state index < -0.39 is 6.29 Å². The van der Waals surface area contributed by atoms with Gasteiger partial charge in [0.1, 0.15) is 5.15 Å². The Morgan fingerprint density at radius 2 is 1.82 bits per heavy atom. The van der Waals surface area contributed by atoms with E-state index in [1.54, 1.807) is 23.0 Å². The number of nitrogens with zero attached hydrogens (tertiary/aromatic N) is 2. The maximum Gasteiger partial charge on any atom is 0.319 e. The van der Waals surface area contributed by atoms with Crippen LogP contribution in [0.4, 0.5) is 10.5 Å². The molecule has 1 aliphatic rings. The summed E-state index contributed by atoms with van der Waals surface area (Å²) in [6.45, 7) is 2.84. The van der Waals surface area contributed by atoms with Crippen molar-refractivity contribution in [1.29, 1.82) is 0 Å². The highest BCUT2D eigenvalue weighted by atomic mass is 35.5. The van der Waals surface area contributed by atoms with E-state index in [-0.39, 0.29) is 30.0 Å². The number of nitrogens with one attached hydrogen (secondary N) is 2. The van der Waals surface area contributed by atoms with Crippen LogP contribution in [0.2, 0.25) is 10.3 Å². The number of amides is 2. The molecule has 0 radical (unpaired) electrons. The first kappa shape index (κ1) is 24.5. The molecular formula is C24H26Cl2N4O4. The summed E-state index contributed by atoms with van der Waals surface area (Å²) in [5.74, 6) is 0. The molecule has 0 spiro atoms. The third-order valence-electron chi connectivity index (χ3n) is 5.53. The van der Waals surface area contributed by atoms with Crippen LogP contribution in [0.3, 0.4) is 0 Å². The van der Waals surface area contributed by atoms with Gasteiger partial charge in [0.25, 0.3) is 0 Å². The molecule has 8 nitrogen and oxygen atoms in total. The third kappa shape index (κ3) is 5.89. The molecule has 0 saturated carbocycles. The van der Waals surface area contributed by atoms with Crippen LogP contribution in [-0.2, 0) is 22.6 Å². The van der Waals surface area contributed by atoms with Crippen molar-refractivity contribution in [3.8, 4) is 0 Å². The zero-order valence-corrected chi connectivity index (χ0v) is 20.1. The van der Waals surface area contributed by atoms with Crippen molar-refractivity contribution in [2.45, 2.75) is 45.0 Å². The summed E-state index contributed by atoms with van der Waals surface area (Å²) in [6, 6.07) is 14.7. The van der Waals surface area contributed by atoms with Gasteiger partial charge in [-0.3, -0.25) is 0 Å². The fraction of sp³-hybridized carbons (Fsp3) is 0.333. The summed E-state index contributed by atoms with van der Waals surface area (Å²) in [5, 5.41) is 15.4. The quantitative estimate of drug-likeness (QED) is 0.417. The predicted molar refractivity (Wildman–Crippen MR) is 130 cm³/mol. The summed E-state index contributed by atoms with van der Waals surface area (Å²) in [5.41, 5.74) is 3.30. The number of halogens is 2. The number of ether oxygens (including phenoxy) is 2. The fourth-order valence-electron chi connectivity index (χ4n) is 3.78. The van der Waals surface area contributed by atoms with E-state index in [0.717, 1.165) is 16.7 Å². The van der Waals surface area contributed by atoms with E-state index in [1.807, 2.05) is 43.3 Å². The lowest BCUT2D eigenvalue weighted by Gasteiger charge is -2.36. The van der Waals surface area contributed by atoms with Gasteiger partial charge in [-0.05, 0) is 30.2 Å². The SMILES string of the molecule is CCNC(=O)Nc1ccc([C@H]2O[C@@H](Cn3cnc(Cl)c3Cl)C[C@@H](c3ccc(CO)cc3)O2)cc1. The molecule has 2 aromatic carbocycles. The Bertz CT molecular complexity index is 1110. The van der Waals surface area contributed by atoms with Gasteiger partial charge in [-0.25, -0.2) is 9.78 Å². The van der Waals surface area contributed by atoms with Crippen LogP contribution in [0, 0.1) is 0 Å². The second kappa shape index (κ2) is 11.2. The van der Waals surface area contributed by atoms with E-state index in [2.05, 4.69) is 15.6 Å². The Labute approximate surface area is 207 Å². The molecule has 1 aromatic heterocycles. The second-order valence-electron chi connectivity index (χ2n) is 7.94. The second-order valence-corrected chi connectivity index (χ2v) is 8.65. The predicted octanol–water partition coefficient (Wildman–Crippen LogP) is 5.07. The molecule has 3 N–H and O–H groups in total. The van der Waals surface area contributed by atoms with Crippen molar-refractivity contribution in [1.82, 2.24) is 14.9 Å². The molecule has 10 heteroatoms. The van der Waals surface area contributed by atoms with Gasteiger partial charge in [0.2, 0.25) is 0 Å². The molecule has 2 heterocycles. The summed E-state index contributed by atoms with van der Waals surface area (Å²) in [4.78, 5) is 15.8. The molecule has 34 heavy (non-hydrogen) atoms. The first-order valence-electron chi connectivity index (χ1n) is 11.0. The molecule has 4 rings (SSSR count). The average Bonchev–Trinajstić information content (AvgIpc) is 3.16. The van der Waals surface area contributed by atoms with E-state index in [9.17, 15) is 9.90 Å². The lowest BCUT2D eigenvalue weighted by atomic mass is 10.00. The normalized spacial score (nSPS) is 20.2. The molecule has 0 aliphatic carbocycles. The van der Waals surface area contributed by atoms with Crippen molar-refractivity contribution in [2.24, 2.45) is 0 Å². The van der Waals surface area contributed by atoms with E-state index >= 15 is 0 Å². The monoisotopic (exact) mass is 504 g/mol. The van der Waals surface area contributed by atoms with Gasteiger partial charge in [-0.1, -0.05) is 59.6 Å². The van der Waals surface area contributed by atoms with E-state index in [1.165, 1.54) is 0 Å². The van der Waals surface area contributed by atoms with Crippen molar-refractivity contribution in [3.05, 3.63) is 81.9 Å². The lowest BCUT2D eigenvalue weighted by molar-refractivity contribution is -0.252. The number of carbonyl (C=O) groups is 1. The van der Waals surface area contributed by atoms with Crippen LogP contribution in [0.5, 0.6) is 0 Å². The first-order chi connectivity index (χ1) is 16.5. The van der Waals surface area contributed by atoms with Gasteiger partial charge in [-0.15, -0.1) is 0 Å². The summed E-state index contributed by atoms with van der Waals surface area (Å²) in [7, 11) is 0. The largest absolute Gasteiger partial charge is 0.392 e. The highest BCUT2D eigenvalue weighted by molar-refractivity contribution is 6.40. The number of hydrogen-bond acceptors (Lipinski definition) is 5. The van der Waals surface area contributed by atoms with Crippen LogP contribution < -0.4 is 10.6 Å². The molecule has 3 atom stereocenters. The standard InChI is InChI=1S/C24H26Cl2N4O4/c1-2-27-24(32)29-18-9-7-17(8-10-18)23-33-19(12-30-14-28-21(25)22(30)26)11-20(34-23)16-5-3-15(13-31)4-6-16/h3-10,14,19-20,23,31H,2,11-13H2,1H3,(H2,27,29,32)/t19-,20+,23+/m1/s1. The molecule has 1 saturated heterocycles. The highest BCUT2D eigenvalue weighted by Crippen LogP contribution is 2.39. The van der Waals surface area contributed by atoms with Gasteiger partial charge in [0.05, 0.1) is 31.7 Å². The molecule has 3 aromatic rings. The number of urea groups is 1. The number of benzene rings is 2. The summed E-state index contributed by atoms with van der Waals surface area (Å²) < 4.78 is 14.4. The van der Waals surface area contributed by atoms with E-state index in [4.69, 9.17) is 32.7 Å². The number of imidazole rings is 1. The van der Waals surface area contributed by atoms with Crippen molar-refractivity contribution >= 4 is 34.9 Å². The molecule has 0 bridgehead atoms. The van der Waals surface area contributed by atoms with Crippen molar-refractivity contribution in [3.63, 3.8) is 0 Å². The van der Waals surface area contributed by atoms with Gasteiger partial charge < -0.3 is 29.8 Å². The number of aromatic nitrogens is 2. The molecule has 2 amide bonds. The van der Waals surface area contributed by atoms with Crippen LogP contribution in [0.1, 0.15) is 42.4 Å². The topological polar surface area (TPSA) is 97.6 Å². The van der Waals surface area contributed by atoms with Gasteiger partial charge in [0, 0.05) is 24.2 Å². The van der Waals surface area contributed by atoms with Crippen LogP contribution in [-0.4, -0.2) is 33.3 Å². The minimum absolute atomic E-state index is 0.0171. The minimum Gasteiger partial charge on any atom is -0.392 e. The smallest absolute Gasteiger partial charge is 0.319 e. The number of carbonyl (C=O) groups excluding carboxylic acids is 1. The molecular weight excluding hydrogens is 479 g/mol. The zero-order valence-electron chi connectivity index (χ0n) is 18.6. The Balaban J connectivity index is 1.54. The lowest BCUT2D eigenvalue weighted by Crippen LogP contribution is -2.32. The number of rotatable bonds is 7. The summed E-state index contributed by atoms with van der Waals surface area (Å²) in [6.07, 6.45) is 1.10. The fourth-order valence-corrected chi connectivity index (χ4v) is 4.10. The minimum atomic E-state index is -0.627. The molecule has 1 fully saturated rings. The Morgan fingerprint density at radius 1 is 1.12 bits per heavy atom. The van der Waals surface area contributed by atoms with Crippen LogP contribution in [0.25, 0.3) is 0 Å². The summed E-state index contributed by atoms with van der Waals surface area (Å²) >= 11 is 12.3. The number of aliphatic hydroxyl groups is 1. The molecule has 0 unspecified atom stereocenters. The zero-order chi connectivity index (χ0) is 24.1. The first-order valence-corrected chi connectivity index (χ1v) is 11.7. The van der Waals surface area contributed by atoms with Crippen LogP contribution >= 0.6 is 23.2 Å². The van der Waals surface area contributed by atoms with Crippen molar-refractivity contribution in [2.75, 3.05) is 11.9 Å². The number of aliphatic hydroxyl groups excluding tert-OH is 1.